The lowest BCUT2D eigenvalue weighted by Gasteiger charge is -2.36. The first-order chi connectivity index (χ1) is 21.4. The van der Waals surface area contributed by atoms with Gasteiger partial charge in [-0.25, -0.2) is 14.0 Å². The number of hydrogen-bond acceptors (Lipinski definition) is 7. The molecular weight excluding hydrogens is 579 g/mol. The van der Waals surface area contributed by atoms with Crippen LogP contribution in [0.1, 0.15) is 81.5 Å². The zero-order valence-electron chi connectivity index (χ0n) is 27.3. The van der Waals surface area contributed by atoms with Crippen molar-refractivity contribution in [1.82, 2.24) is 9.80 Å². The van der Waals surface area contributed by atoms with Crippen LogP contribution in [0.4, 0.5) is 4.39 Å². The van der Waals surface area contributed by atoms with Crippen molar-refractivity contribution in [3.8, 4) is 5.75 Å². The highest BCUT2D eigenvalue weighted by atomic mass is 19.1. The highest BCUT2D eigenvalue weighted by Crippen LogP contribution is 2.27. The fourth-order valence-electron chi connectivity index (χ4n) is 4.37. The van der Waals surface area contributed by atoms with Gasteiger partial charge < -0.3 is 20.1 Å². The van der Waals surface area contributed by atoms with E-state index in [1.807, 2.05) is 25.3 Å². The van der Waals surface area contributed by atoms with Crippen LogP contribution in [0.15, 0.2) is 67.8 Å². The Hall–Kier alpha value is -3.60. The largest absolute Gasteiger partial charge is 0.486 e. The highest BCUT2D eigenvalue weighted by molar-refractivity contribution is 5.96. The quantitative estimate of drug-likeness (QED) is 0.0385. The van der Waals surface area contributed by atoms with E-state index in [0.29, 0.717) is 25.1 Å². The Morgan fingerprint density at radius 2 is 1.47 bits per heavy atom. The molecule has 0 aliphatic heterocycles. The summed E-state index contributed by atoms with van der Waals surface area (Å²) in [6, 6.07) is 4.24. The molecule has 9 nitrogen and oxygen atoms in total. The molecule has 0 saturated heterocycles. The lowest BCUT2D eigenvalue weighted by atomic mass is 9.94. The summed E-state index contributed by atoms with van der Waals surface area (Å²) in [7, 11) is 3.77. The summed E-state index contributed by atoms with van der Waals surface area (Å²) in [4.78, 5) is 36.0. The minimum Gasteiger partial charge on any atom is -0.486 e. The molecule has 0 amide bonds. The van der Waals surface area contributed by atoms with Gasteiger partial charge >= 0.3 is 11.9 Å². The number of ether oxygens (including phenoxy) is 1. The summed E-state index contributed by atoms with van der Waals surface area (Å²) in [5.74, 6) is -3.30. The van der Waals surface area contributed by atoms with Crippen LogP contribution in [0.3, 0.4) is 0 Å². The van der Waals surface area contributed by atoms with Gasteiger partial charge in [0.15, 0.2) is 17.3 Å². The number of unbranched alkanes of at least 4 members (excludes halogenated alkanes) is 7. The van der Waals surface area contributed by atoms with Crippen molar-refractivity contribution in [2.24, 2.45) is 0 Å². The van der Waals surface area contributed by atoms with Gasteiger partial charge in [0.2, 0.25) is 0 Å². The Kier molecular flexibility index (Phi) is 22.7. The molecule has 0 aliphatic rings. The minimum absolute atomic E-state index is 0.0959. The fraction of sp³-hybridized carbons (Fsp3) is 0.514. The molecular formula is C35H53FN2O7. The predicted molar refractivity (Wildman–Crippen MR) is 177 cm³/mol. The van der Waals surface area contributed by atoms with Crippen LogP contribution < -0.4 is 4.74 Å². The second-order valence-corrected chi connectivity index (χ2v) is 10.9. The van der Waals surface area contributed by atoms with Gasteiger partial charge in [0.25, 0.3) is 0 Å². The zero-order chi connectivity index (χ0) is 34.1. The lowest BCUT2D eigenvalue weighted by molar-refractivity contribution is -0.134. The number of hydrogen-bond donors (Lipinski definition) is 3. The second-order valence-electron chi connectivity index (χ2n) is 10.9. The molecule has 0 spiro atoms. The molecule has 0 bridgehead atoms. The number of ketones is 1. The summed E-state index contributed by atoms with van der Waals surface area (Å²) >= 11 is 0. The van der Waals surface area contributed by atoms with Gasteiger partial charge in [-0.1, -0.05) is 76.2 Å². The molecule has 0 aromatic heterocycles. The number of nitrogens with zero attached hydrogens (tertiary/aromatic N) is 2. The van der Waals surface area contributed by atoms with Crippen molar-refractivity contribution in [3.05, 3.63) is 79.2 Å². The summed E-state index contributed by atoms with van der Waals surface area (Å²) in [5, 5.41) is 27.0. The first-order valence-corrected chi connectivity index (χ1v) is 15.5. The van der Waals surface area contributed by atoms with Crippen LogP contribution in [0.5, 0.6) is 5.75 Å². The Morgan fingerprint density at radius 3 is 2.00 bits per heavy atom. The number of Topliss-reactive ketones (excluding diaryl/α,β-unsaturated/α-hetero) is 1. The Labute approximate surface area is 268 Å². The Bertz CT molecular complexity index is 1090. The van der Waals surface area contributed by atoms with Crippen molar-refractivity contribution in [1.29, 1.82) is 0 Å². The second kappa shape index (κ2) is 24.7. The van der Waals surface area contributed by atoms with E-state index < -0.39 is 23.5 Å². The van der Waals surface area contributed by atoms with E-state index in [1.165, 1.54) is 44.2 Å². The van der Waals surface area contributed by atoms with Gasteiger partial charge in [0.05, 0.1) is 6.42 Å². The van der Waals surface area contributed by atoms with E-state index in [-0.39, 0.29) is 30.1 Å². The SMILES string of the molecule is C=CCN(C)C/C=C/COc1ccc(C(=O)CC(O)(CCCCCCCCCC)N(C)CC=C)cc1F.O=C(O)/C=C/C(=O)O. The number of benzene rings is 1. The van der Waals surface area contributed by atoms with Gasteiger partial charge in [-0.2, -0.15) is 0 Å². The van der Waals surface area contributed by atoms with Gasteiger partial charge in [-0.15, -0.1) is 13.2 Å². The third kappa shape index (κ3) is 20.1. The lowest BCUT2D eigenvalue weighted by Crippen LogP contribution is -2.48. The Balaban J connectivity index is 0.00000212. The third-order valence-corrected chi connectivity index (χ3v) is 6.97. The monoisotopic (exact) mass is 632 g/mol. The number of carbonyl (C=O) groups is 3. The molecule has 10 heteroatoms. The molecule has 1 rings (SSSR count). The van der Waals surface area contributed by atoms with E-state index in [9.17, 15) is 23.9 Å². The van der Waals surface area contributed by atoms with Crippen molar-refractivity contribution in [2.75, 3.05) is 40.3 Å². The number of carbonyl (C=O) groups excluding carboxylic acids is 1. The molecule has 252 valence electrons. The number of likely N-dealkylation sites (N-methyl/N-ethyl adjacent to an activating group) is 2. The van der Waals surface area contributed by atoms with Crippen molar-refractivity contribution >= 4 is 17.7 Å². The third-order valence-electron chi connectivity index (χ3n) is 6.97. The maximum atomic E-state index is 14.7. The molecule has 0 fully saturated rings. The molecule has 1 unspecified atom stereocenters. The number of rotatable bonds is 24. The number of carboxylic acids is 2. The summed E-state index contributed by atoms with van der Waals surface area (Å²) < 4.78 is 20.2. The van der Waals surface area contributed by atoms with E-state index >= 15 is 0 Å². The van der Waals surface area contributed by atoms with Crippen molar-refractivity contribution in [3.63, 3.8) is 0 Å². The molecule has 1 aromatic carbocycles. The van der Waals surface area contributed by atoms with E-state index in [0.717, 1.165) is 32.4 Å². The smallest absolute Gasteiger partial charge is 0.328 e. The van der Waals surface area contributed by atoms with Crippen LogP contribution >= 0.6 is 0 Å². The molecule has 45 heavy (non-hydrogen) atoms. The molecule has 0 aliphatic carbocycles. The van der Waals surface area contributed by atoms with E-state index in [2.05, 4.69) is 25.0 Å². The van der Waals surface area contributed by atoms with Crippen molar-refractivity contribution in [2.45, 2.75) is 76.9 Å². The molecule has 1 aromatic rings. The van der Waals surface area contributed by atoms with Gasteiger partial charge in [-0.3, -0.25) is 14.6 Å². The number of carboxylic acid groups (broad SMARTS) is 2. The first kappa shape index (κ1) is 41.4. The maximum absolute atomic E-state index is 14.7. The maximum Gasteiger partial charge on any atom is 0.328 e. The standard InChI is InChI=1S/C31H49FN2O3.C4H4O4/c1-6-9-10-11-12-13-14-15-20-31(36,34(5)22-8-3)26-29(35)27-18-19-30(28(32)25-27)37-24-17-16-23-33(4)21-7-2;5-3(6)1-2-4(7)8/h7-8,16-19,25,36H,2-3,6,9-15,20-24,26H2,1,4-5H3;1-2H,(H,5,6)(H,7,8)/b17-16+;2-1+. The summed E-state index contributed by atoms with van der Waals surface area (Å²) in [5.41, 5.74) is -1.07. The number of halogens is 1. The van der Waals surface area contributed by atoms with Gasteiger partial charge in [-0.05, 0) is 45.1 Å². The van der Waals surface area contributed by atoms with Crippen LogP contribution in [0.25, 0.3) is 0 Å². The zero-order valence-corrected chi connectivity index (χ0v) is 27.3. The molecule has 0 heterocycles. The highest BCUT2D eigenvalue weighted by Gasteiger charge is 2.34. The number of aliphatic carboxylic acids is 2. The van der Waals surface area contributed by atoms with Crippen molar-refractivity contribution < 1.29 is 38.8 Å². The van der Waals surface area contributed by atoms with Crippen LogP contribution in [0, 0.1) is 5.82 Å². The first-order valence-electron chi connectivity index (χ1n) is 15.5. The van der Waals surface area contributed by atoms with Gasteiger partial charge in [0.1, 0.15) is 12.3 Å². The summed E-state index contributed by atoms with van der Waals surface area (Å²) in [6.45, 7) is 11.9. The minimum atomic E-state index is -1.30. The van der Waals surface area contributed by atoms with E-state index in [1.54, 1.807) is 24.1 Å². The number of aliphatic hydroxyl groups is 1. The fourth-order valence-corrected chi connectivity index (χ4v) is 4.37. The topological polar surface area (TPSA) is 128 Å². The molecule has 3 N–H and O–H groups in total. The summed E-state index contributed by atoms with van der Waals surface area (Å²) in [6.07, 6.45) is 18.1. The average molecular weight is 633 g/mol. The van der Waals surface area contributed by atoms with Gasteiger partial charge in [0, 0.05) is 37.3 Å². The van der Waals surface area contributed by atoms with E-state index in [4.69, 9.17) is 14.9 Å². The predicted octanol–water partition coefficient (Wildman–Crippen LogP) is 6.50. The molecule has 0 radical (unpaired) electrons. The Morgan fingerprint density at radius 1 is 0.889 bits per heavy atom. The van der Waals surface area contributed by atoms with Crippen LogP contribution in [-0.4, -0.2) is 88.9 Å². The normalized spacial score (nSPS) is 12.6. The van der Waals surface area contributed by atoms with Crippen LogP contribution in [-0.2, 0) is 9.59 Å². The molecule has 1 atom stereocenters. The average Bonchev–Trinajstić information content (AvgIpc) is 2.98. The van der Waals surface area contributed by atoms with Crippen LogP contribution in [0.2, 0.25) is 0 Å². The molecule has 0 saturated carbocycles.